The predicted molar refractivity (Wildman–Crippen MR) is 139 cm³/mol. The number of pyridine rings is 2. The number of carbonyl (C=O) groups excluding carboxylic acids is 1. The highest BCUT2D eigenvalue weighted by molar-refractivity contribution is 7.92. The molecule has 0 radical (unpaired) electrons. The van der Waals surface area contributed by atoms with Gasteiger partial charge in [0.05, 0.1) is 47.1 Å². The molecule has 3 aromatic heterocycles. The van der Waals surface area contributed by atoms with E-state index in [1.807, 2.05) is 30.3 Å². The van der Waals surface area contributed by atoms with Crippen LogP contribution in [0.25, 0.3) is 16.7 Å². The molecule has 2 aromatic carbocycles. The number of fused-ring (bicyclic) bond motifs is 1. The van der Waals surface area contributed by atoms with Crippen LogP contribution in [0.1, 0.15) is 15.9 Å². The number of aromatic nitrogens is 4. The molecule has 0 aliphatic heterocycles. The number of hydrogen-bond donors (Lipinski definition) is 2. The van der Waals surface area contributed by atoms with Gasteiger partial charge in [0.2, 0.25) is 0 Å². The van der Waals surface area contributed by atoms with Crippen LogP contribution in [0.4, 0.5) is 5.69 Å². The molecule has 192 valence electrons. The molecule has 0 bridgehead atoms. The lowest BCUT2D eigenvalue weighted by molar-refractivity contribution is 0.0707. The number of nitrogens with zero attached hydrogens (tertiary/aromatic N) is 5. The monoisotopic (exact) mass is 530 g/mol. The van der Waals surface area contributed by atoms with Crippen molar-refractivity contribution in [2.24, 2.45) is 0 Å². The van der Waals surface area contributed by atoms with Crippen molar-refractivity contribution in [1.29, 1.82) is 0 Å². The molecule has 38 heavy (non-hydrogen) atoms. The largest absolute Gasteiger partial charge is 0.497 e. The van der Waals surface area contributed by atoms with Gasteiger partial charge in [-0.15, -0.1) is 0 Å². The molecule has 3 heterocycles. The number of hydroxylamine groups is 1. The van der Waals surface area contributed by atoms with Gasteiger partial charge in [0.15, 0.2) is 5.65 Å². The molecule has 0 atom stereocenters. The van der Waals surface area contributed by atoms with Gasteiger partial charge in [0, 0.05) is 18.6 Å². The predicted octanol–water partition coefficient (Wildman–Crippen LogP) is 3.34. The lowest BCUT2D eigenvalue weighted by Crippen LogP contribution is -2.33. The first-order chi connectivity index (χ1) is 18.4. The zero-order valence-electron chi connectivity index (χ0n) is 20.1. The number of methoxy groups -OCH3 is 1. The van der Waals surface area contributed by atoms with Crippen LogP contribution >= 0.6 is 0 Å². The lowest BCUT2D eigenvalue weighted by atomic mass is 10.1. The normalized spacial score (nSPS) is 11.3. The number of hydrogen-bond acceptors (Lipinski definition) is 8. The maximum Gasteiger partial charge on any atom is 0.278 e. The van der Waals surface area contributed by atoms with Crippen LogP contribution < -0.4 is 14.5 Å². The molecule has 5 rings (SSSR count). The Balaban J connectivity index is 1.78. The summed E-state index contributed by atoms with van der Waals surface area (Å²) in [6.07, 6.45) is 5.77. The third-order valence-corrected chi connectivity index (χ3v) is 7.62. The van der Waals surface area contributed by atoms with E-state index in [0.717, 1.165) is 4.31 Å². The van der Waals surface area contributed by atoms with Crippen molar-refractivity contribution >= 4 is 32.7 Å². The van der Waals surface area contributed by atoms with Gasteiger partial charge in [0.25, 0.3) is 15.9 Å². The van der Waals surface area contributed by atoms with E-state index >= 15 is 0 Å². The van der Waals surface area contributed by atoms with Crippen LogP contribution in [0.2, 0.25) is 0 Å². The Morgan fingerprint density at radius 3 is 2.45 bits per heavy atom. The summed E-state index contributed by atoms with van der Waals surface area (Å²) in [5.74, 6) is -0.443. The summed E-state index contributed by atoms with van der Waals surface area (Å²) in [4.78, 5) is 21.2. The maximum atomic E-state index is 14.1. The van der Waals surface area contributed by atoms with Crippen molar-refractivity contribution in [2.45, 2.75) is 11.4 Å². The van der Waals surface area contributed by atoms with Crippen LogP contribution in [0.15, 0.2) is 96.4 Å². The molecule has 2 N–H and O–H groups in total. The SMILES string of the molecule is COc1ccc(S(=O)(=O)N(Cc2cccnc2)c2c(C(=O)NO)cnc3c2cnn3-c2ccccc2)cc1. The first kappa shape index (κ1) is 24.9. The molecular formula is C26H22N6O5S. The minimum absolute atomic E-state index is 0.00315. The van der Waals surface area contributed by atoms with E-state index in [1.165, 1.54) is 50.0 Å². The van der Waals surface area contributed by atoms with Gasteiger partial charge < -0.3 is 4.74 Å². The maximum absolute atomic E-state index is 14.1. The Labute approximate surface area is 218 Å². The third kappa shape index (κ3) is 4.53. The molecular weight excluding hydrogens is 508 g/mol. The molecule has 0 fully saturated rings. The minimum atomic E-state index is -4.26. The minimum Gasteiger partial charge on any atom is -0.497 e. The summed E-state index contributed by atoms with van der Waals surface area (Å²) in [7, 11) is -2.78. The van der Waals surface area contributed by atoms with Crippen molar-refractivity contribution in [3.63, 3.8) is 0 Å². The van der Waals surface area contributed by atoms with Gasteiger partial charge >= 0.3 is 0 Å². The second-order valence-corrected chi connectivity index (χ2v) is 10.0. The van der Waals surface area contributed by atoms with Crippen molar-refractivity contribution in [1.82, 2.24) is 25.2 Å². The number of sulfonamides is 1. The van der Waals surface area contributed by atoms with Crippen molar-refractivity contribution < 1.29 is 23.2 Å². The quantitative estimate of drug-likeness (QED) is 0.230. The number of para-hydroxylation sites is 1. The molecule has 11 nitrogen and oxygen atoms in total. The third-order valence-electron chi connectivity index (χ3n) is 5.86. The van der Waals surface area contributed by atoms with Crippen LogP contribution in [-0.4, -0.2) is 46.4 Å². The summed E-state index contributed by atoms with van der Waals surface area (Å²) < 4.78 is 36.1. The zero-order valence-corrected chi connectivity index (χ0v) is 20.9. The second kappa shape index (κ2) is 10.3. The van der Waals surface area contributed by atoms with E-state index in [9.17, 15) is 18.4 Å². The molecule has 1 amide bonds. The van der Waals surface area contributed by atoms with E-state index in [4.69, 9.17) is 4.74 Å². The van der Waals surface area contributed by atoms with E-state index in [2.05, 4.69) is 15.1 Å². The highest BCUT2D eigenvalue weighted by atomic mass is 32.2. The van der Waals surface area contributed by atoms with Crippen molar-refractivity contribution in [3.05, 3.63) is 103 Å². The first-order valence-corrected chi connectivity index (χ1v) is 12.8. The summed E-state index contributed by atoms with van der Waals surface area (Å²) in [6, 6.07) is 18.5. The first-order valence-electron chi connectivity index (χ1n) is 11.4. The number of amides is 1. The molecule has 0 spiro atoms. The average Bonchev–Trinajstić information content (AvgIpc) is 3.40. The fraction of sp³-hybridized carbons (Fsp3) is 0.0769. The van der Waals surface area contributed by atoms with Gasteiger partial charge in [-0.05, 0) is 48.0 Å². The zero-order chi connectivity index (χ0) is 26.7. The van der Waals surface area contributed by atoms with Crippen LogP contribution in [0.5, 0.6) is 5.75 Å². The van der Waals surface area contributed by atoms with E-state index < -0.39 is 15.9 Å². The molecule has 0 unspecified atom stereocenters. The molecule has 0 saturated carbocycles. The Morgan fingerprint density at radius 2 is 1.79 bits per heavy atom. The summed E-state index contributed by atoms with van der Waals surface area (Å²) >= 11 is 0. The average molecular weight is 531 g/mol. The Morgan fingerprint density at radius 1 is 1.03 bits per heavy atom. The molecule has 12 heteroatoms. The van der Waals surface area contributed by atoms with Crippen LogP contribution in [0.3, 0.4) is 0 Å². The van der Waals surface area contributed by atoms with Gasteiger partial charge in [-0.3, -0.25) is 19.3 Å². The number of nitrogens with one attached hydrogen (secondary N) is 1. The standard InChI is InChI=1S/C26H22N6O5S/c1-37-20-9-11-21(12-10-20)38(35,36)31(17-18-6-5-13-27-14-18)24-22-16-29-32(19-7-3-2-4-8-19)25(22)28-15-23(24)26(33)30-34/h2-16,34H,17H2,1H3,(H,30,33). The van der Waals surface area contributed by atoms with E-state index in [1.54, 1.807) is 28.5 Å². The fourth-order valence-electron chi connectivity index (χ4n) is 4.04. The topological polar surface area (TPSA) is 140 Å². The Kier molecular flexibility index (Phi) is 6.73. The highest BCUT2D eigenvalue weighted by Gasteiger charge is 2.32. The van der Waals surface area contributed by atoms with Gasteiger partial charge in [-0.1, -0.05) is 24.3 Å². The van der Waals surface area contributed by atoms with Crippen LogP contribution in [0, 0.1) is 0 Å². The molecule has 0 aliphatic rings. The Hall–Kier alpha value is -4.81. The Bertz CT molecular complexity index is 1690. The van der Waals surface area contributed by atoms with E-state index in [-0.39, 0.29) is 28.1 Å². The number of benzene rings is 2. The molecule has 5 aromatic rings. The summed E-state index contributed by atoms with van der Waals surface area (Å²) in [5, 5.41) is 14.2. The second-order valence-electron chi connectivity index (χ2n) is 8.14. The van der Waals surface area contributed by atoms with Crippen molar-refractivity contribution in [3.8, 4) is 11.4 Å². The highest BCUT2D eigenvalue weighted by Crippen LogP contribution is 2.36. The number of anilines is 1. The van der Waals surface area contributed by atoms with Crippen LogP contribution in [-0.2, 0) is 16.6 Å². The summed E-state index contributed by atoms with van der Waals surface area (Å²) in [5.41, 5.74) is 3.02. The fourth-order valence-corrected chi connectivity index (χ4v) is 5.53. The summed E-state index contributed by atoms with van der Waals surface area (Å²) in [6.45, 7) is -0.163. The smallest absolute Gasteiger partial charge is 0.278 e. The van der Waals surface area contributed by atoms with Gasteiger partial charge in [-0.25, -0.2) is 23.6 Å². The number of rotatable bonds is 8. The van der Waals surface area contributed by atoms with Crippen molar-refractivity contribution in [2.75, 3.05) is 11.4 Å². The van der Waals surface area contributed by atoms with Gasteiger partial charge in [0.1, 0.15) is 5.75 Å². The van der Waals surface area contributed by atoms with Gasteiger partial charge in [-0.2, -0.15) is 5.10 Å². The molecule has 0 saturated heterocycles. The number of ether oxygens (including phenoxy) is 1. The van der Waals surface area contributed by atoms with E-state index in [0.29, 0.717) is 22.6 Å². The lowest BCUT2D eigenvalue weighted by Gasteiger charge is -2.27. The number of carbonyl (C=O) groups is 1. The molecule has 0 aliphatic carbocycles.